The maximum atomic E-state index is 12.7. The Morgan fingerprint density at radius 2 is 1.97 bits per heavy atom. The molecule has 0 aliphatic heterocycles. The standard InChI is InChI=1S/C22H34N6O/c1-17-26-18-10-5-6-11-19(18)28(17)15-9-14-24-21(23-2)25-16-22(12-7-8-13-22)20(29)27(3)4/h5-6,10-11H,7-9,12-16H2,1-4H3,(H2,23,24,25). The average Bonchev–Trinajstić information content (AvgIpc) is 3.32. The molecule has 1 saturated carbocycles. The zero-order chi connectivity index (χ0) is 20.9. The van der Waals surface area contributed by atoms with Gasteiger partial charge in [-0.25, -0.2) is 4.98 Å². The summed E-state index contributed by atoms with van der Waals surface area (Å²) in [6, 6.07) is 8.25. The predicted octanol–water partition coefficient (Wildman–Crippen LogP) is 2.55. The number of aliphatic imine (C=N–C) groups is 1. The highest BCUT2D eigenvalue weighted by atomic mass is 16.2. The van der Waals surface area contributed by atoms with Crippen molar-refractivity contribution in [2.45, 2.75) is 45.6 Å². The molecule has 158 valence electrons. The fourth-order valence-electron chi connectivity index (χ4n) is 4.39. The maximum Gasteiger partial charge on any atom is 0.230 e. The monoisotopic (exact) mass is 398 g/mol. The Labute approximate surface area is 173 Å². The van der Waals surface area contributed by atoms with E-state index in [1.54, 1.807) is 11.9 Å². The van der Waals surface area contributed by atoms with Crippen molar-refractivity contribution in [3.63, 3.8) is 0 Å². The van der Waals surface area contributed by atoms with Crippen LogP contribution in [0.2, 0.25) is 0 Å². The Kier molecular flexibility index (Phi) is 6.77. The molecule has 1 aliphatic rings. The Balaban J connectivity index is 1.50. The van der Waals surface area contributed by atoms with Crippen molar-refractivity contribution < 1.29 is 4.79 Å². The van der Waals surface area contributed by atoms with Gasteiger partial charge in [-0.3, -0.25) is 9.79 Å². The lowest BCUT2D eigenvalue weighted by Crippen LogP contribution is -2.49. The van der Waals surface area contributed by atoms with Crippen LogP contribution < -0.4 is 10.6 Å². The molecule has 7 nitrogen and oxygen atoms in total. The van der Waals surface area contributed by atoms with Crippen LogP contribution in [0.4, 0.5) is 0 Å². The number of aryl methyl sites for hydroxylation is 2. The van der Waals surface area contributed by atoms with Gasteiger partial charge in [0.15, 0.2) is 5.96 Å². The van der Waals surface area contributed by atoms with Crippen LogP contribution >= 0.6 is 0 Å². The molecule has 1 aromatic heterocycles. The number of benzene rings is 1. The fourth-order valence-corrected chi connectivity index (χ4v) is 4.39. The van der Waals surface area contributed by atoms with Gasteiger partial charge in [0.05, 0.1) is 16.4 Å². The van der Waals surface area contributed by atoms with Crippen molar-refractivity contribution in [2.75, 3.05) is 34.2 Å². The summed E-state index contributed by atoms with van der Waals surface area (Å²) in [4.78, 5) is 23.4. The van der Waals surface area contributed by atoms with Gasteiger partial charge in [0.25, 0.3) is 0 Å². The van der Waals surface area contributed by atoms with Crippen LogP contribution in [0.5, 0.6) is 0 Å². The molecule has 0 saturated heterocycles. The molecule has 29 heavy (non-hydrogen) atoms. The zero-order valence-corrected chi connectivity index (χ0v) is 18.2. The van der Waals surface area contributed by atoms with Crippen molar-refractivity contribution in [1.29, 1.82) is 0 Å². The Bertz CT molecular complexity index is 863. The third kappa shape index (κ3) is 4.71. The smallest absolute Gasteiger partial charge is 0.230 e. The number of carbonyl (C=O) groups is 1. The number of guanidine groups is 1. The van der Waals surface area contributed by atoms with Crippen molar-refractivity contribution >= 4 is 22.9 Å². The molecule has 1 amide bonds. The van der Waals surface area contributed by atoms with E-state index in [-0.39, 0.29) is 11.3 Å². The fraction of sp³-hybridized carbons (Fsp3) is 0.591. The minimum Gasteiger partial charge on any atom is -0.356 e. The van der Waals surface area contributed by atoms with Crippen LogP contribution in [0.3, 0.4) is 0 Å². The number of aromatic nitrogens is 2. The number of carbonyl (C=O) groups excluding carboxylic acids is 1. The van der Waals surface area contributed by atoms with Gasteiger partial charge < -0.3 is 20.1 Å². The highest BCUT2D eigenvalue weighted by Gasteiger charge is 2.42. The van der Waals surface area contributed by atoms with Crippen molar-refractivity contribution in [2.24, 2.45) is 10.4 Å². The lowest BCUT2D eigenvalue weighted by atomic mass is 9.84. The minimum atomic E-state index is -0.298. The van der Waals surface area contributed by atoms with Crippen LogP contribution in [-0.4, -0.2) is 60.6 Å². The minimum absolute atomic E-state index is 0.223. The third-order valence-corrected chi connectivity index (χ3v) is 5.93. The second kappa shape index (κ2) is 9.29. The van der Waals surface area contributed by atoms with Gasteiger partial charge in [0.1, 0.15) is 5.82 Å². The number of amides is 1. The molecule has 0 unspecified atom stereocenters. The van der Waals surface area contributed by atoms with Crippen molar-refractivity contribution in [3.05, 3.63) is 30.1 Å². The number of rotatable bonds is 7. The first-order chi connectivity index (χ1) is 14.0. The summed E-state index contributed by atoms with van der Waals surface area (Å²) in [5.74, 6) is 2.02. The average molecular weight is 399 g/mol. The van der Waals surface area contributed by atoms with Gasteiger partial charge in [0.2, 0.25) is 5.91 Å². The van der Waals surface area contributed by atoms with E-state index in [1.165, 1.54) is 5.52 Å². The molecular weight excluding hydrogens is 364 g/mol. The van der Waals surface area contributed by atoms with Gasteiger partial charge >= 0.3 is 0 Å². The van der Waals surface area contributed by atoms with Gasteiger partial charge in [-0.2, -0.15) is 0 Å². The Morgan fingerprint density at radius 1 is 1.24 bits per heavy atom. The molecule has 1 aromatic carbocycles. The van der Waals surface area contributed by atoms with E-state index in [2.05, 4.69) is 50.3 Å². The second-order valence-electron chi connectivity index (χ2n) is 8.19. The highest BCUT2D eigenvalue weighted by Crippen LogP contribution is 2.38. The Hall–Kier alpha value is -2.57. The van der Waals surface area contributed by atoms with Crippen molar-refractivity contribution in [1.82, 2.24) is 25.1 Å². The van der Waals surface area contributed by atoms with Crippen LogP contribution in [0.25, 0.3) is 11.0 Å². The summed E-state index contributed by atoms with van der Waals surface area (Å²) >= 11 is 0. The van der Waals surface area contributed by atoms with Crippen LogP contribution in [0.1, 0.15) is 37.9 Å². The molecule has 2 aromatic rings. The molecule has 0 atom stereocenters. The normalized spacial score (nSPS) is 16.2. The first-order valence-corrected chi connectivity index (χ1v) is 10.5. The van der Waals surface area contributed by atoms with E-state index >= 15 is 0 Å². The number of imidazole rings is 1. The number of fused-ring (bicyclic) bond motifs is 1. The van der Waals surface area contributed by atoms with Crippen LogP contribution in [0.15, 0.2) is 29.3 Å². The van der Waals surface area contributed by atoms with Gasteiger partial charge in [-0.05, 0) is 38.3 Å². The summed E-state index contributed by atoms with van der Waals surface area (Å²) in [5.41, 5.74) is 1.93. The third-order valence-electron chi connectivity index (χ3n) is 5.93. The lowest BCUT2D eigenvalue weighted by molar-refractivity contribution is -0.138. The van der Waals surface area contributed by atoms with E-state index in [9.17, 15) is 4.79 Å². The number of nitrogens with one attached hydrogen (secondary N) is 2. The zero-order valence-electron chi connectivity index (χ0n) is 18.2. The molecular formula is C22H34N6O. The van der Waals surface area contributed by atoms with Crippen LogP contribution in [-0.2, 0) is 11.3 Å². The molecule has 2 N–H and O–H groups in total. The number of para-hydroxylation sites is 2. The van der Waals surface area contributed by atoms with Gasteiger partial charge in [-0.1, -0.05) is 25.0 Å². The molecule has 0 bridgehead atoms. The number of hydrogen-bond donors (Lipinski definition) is 2. The van der Waals surface area contributed by atoms with E-state index in [0.29, 0.717) is 6.54 Å². The summed E-state index contributed by atoms with van der Waals surface area (Å²) in [5, 5.41) is 6.78. The topological polar surface area (TPSA) is 74.5 Å². The first kappa shape index (κ1) is 21.1. The Morgan fingerprint density at radius 3 is 2.66 bits per heavy atom. The van der Waals surface area contributed by atoms with E-state index in [1.807, 2.05) is 20.2 Å². The van der Waals surface area contributed by atoms with E-state index in [0.717, 1.165) is 62.5 Å². The maximum absolute atomic E-state index is 12.7. The predicted molar refractivity (Wildman–Crippen MR) is 118 cm³/mol. The molecule has 0 spiro atoms. The lowest BCUT2D eigenvalue weighted by Gasteiger charge is -2.31. The molecule has 1 heterocycles. The molecule has 0 radical (unpaired) electrons. The molecule has 7 heteroatoms. The highest BCUT2D eigenvalue weighted by molar-refractivity contribution is 5.85. The largest absolute Gasteiger partial charge is 0.356 e. The first-order valence-electron chi connectivity index (χ1n) is 10.5. The SMILES string of the molecule is CN=C(NCCCn1c(C)nc2ccccc21)NCC1(C(=O)N(C)C)CCCC1. The second-order valence-corrected chi connectivity index (χ2v) is 8.19. The molecule has 3 rings (SSSR count). The van der Waals surface area contributed by atoms with E-state index < -0.39 is 0 Å². The van der Waals surface area contributed by atoms with Gasteiger partial charge in [-0.15, -0.1) is 0 Å². The molecule has 1 aliphatic carbocycles. The molecule has 1 fully saturated rings. The number of hydrogen-bond acceptors (Lipinski definition) is 3. The summed E-state index contributed by atoms with van der Waals surface area (Å²) in [6.45, 7) is 4.39. The van der Waals surface area contributed by atoms with Crippen molar-refractivity contribution in [3.8, 4) is 0 Å². The number of nitrogens with zero attached hydrogens (tertiary/aromatic N) is 4. The van der Waals surface area contributed by atoms with E-state index in [4.69, 9.17) is 0 Å². The quantitative estimate of drug-likeness (QED) is 0.427. The summed E-state index contributed by atoms with van der Waals surface area (Å²) in [7, 11) is 5.46. The van der Waals surface area contributed by atoms with Gasteiger partial charge in [0, 0.05) is 40.8 Å². The van der Waals surface area contributed by atoms with Crippen LogP contribution in [0, 0.1) is 12.3 Å². The summed E-state index contributed by atoms with van der Waals surface area (Å²) < 4.78 is 2.26. The summed E-state index contributed by atoms with van der Waals surface area (Å²) in [6.07, 6.45) is 5.09.